The predicted molar refractivity (Wildman–Crippen MR) is 85.5 cm³/mol. The number of amides is 1. The molecule has 2 aliphatic heterocycles. The molecule has 0 saturated carbocycles. The number of piperidine rings is 1. The fraction of sp³-hybridized carbons (Fsp3) is 0.857. The van der Waals surface area contributed by atoms with Crippen LogP contribution in [0.2, 0.25) is 0 Å². The number of rotatable bonds is 3. The van der Waals surface area contributed by atoms with Crippen LogP contribution in [-0.4, -0.2) is 51.5 Å². The molecule has 0 aromatic rings. The quantitative estimate of drug-likeness (QED) is 0.748. The van der Waals surface area contributed by atoms with Crippen LogP contribution in [0.25, 0.3) is 0 Å². The lowest BCUT2D eigenvalue weighted by Crippen LogP contribution is -2.44. The Morgan fingerprint density at radius 1 is 1.21 bits per heavy atom. The summed E-state index contributed by atoms with van der Waals surface area (Å²) in [4.78, 5) is 16.6. The van der Waals surface area contributed by atoms with E-state index in [0.717, 1.165) is 36.8 Å². The van der Waals surface area contributed by atoms with Crippen molar-refractivity contribution in [2.24, 2.45) is 0 Å². The van der Waals surface area contributed by atoms with Crippen LogP contribution in [0.3, 0.4) is 0 Å². The van der Waals surface area contributed by atoms with Gasteiger partial charge in [0.2, 0.25) is 5.91 Å². The number of likely N-dealkylation sites (tertiary alicyclic amines) is 2. The van der Waals surface area contributed by atoms with Crippen LogP contribution in [0.5, 0.6) is 0 Å². The Hall–Kier alpha value is -0.290. The van der Waals surface area contributed by atoms with E-state index in [2.05, 4.69) is 16.7 Å². The number of thiocarbonyl (C=S) groups is 1. The highest BCUT2D eigenvalue weighted by Gasteiger charge is 2.25. The highest BCUT2D eigenvalue weighted by Crippen LogP contribution is 2.22. The fourth-order valence-corrected chi connectivity index (χ4v) is 4.09. The Morgan fingerprint density at radius 2 is 1.89 bits per heavy atom. The molecular formula is C14H24N2OS2. The van der Waals surface area contributed by atoms with Crippen LogP contribution in [0.15, 0.2) is 0 Å². The molecule has 0 bridgehead atoms. The Balaban J connectivity index is 1.77. The number of hydrogen-bond acceptors (Lipinski definition) is 3. The standard InChI is InChI=1S/C14H24N2OS2/c1-2-12-7-3-4-10-16(12)13(17)11-19-14(18)15-8-5-6-9-15/h12H,2-11H2,1H3. The molecule has 5 heteroatoms. The number of nitrogens with zero attached hydrogens (tertiary/aromatic N) is 2. The smallest absolute Gasteiger partial charge is 0.233 e. The highest BCUT2D eigenvalue weighted by molar-refractivity contribution is 8.23. The van der Waals surface area contributed by atoms with Crippen LogP contribution < -0.4 is 0 Å². The molecule has 0 aromatic heterocycles. The molecule has 2 rings (SSSR count). The first-order valence-electron chi connectivity index (χ1n) is 7.43. The van der Waals surface area contributed by atoms with E-state index in [1.165, 1.54) is 25.7 Å². The summed E-state index contributed by atoms with van der Waals surface area (Å²) < 4.78 is 0.913. The summed E-state index contributed by atoms with van der Waals surface area (Å²) >= 11 is 6.96. The van der Waals surface area contributed by atoms with Crippen LogP contribution in [0, 0.1) is 0 Å². The van der Waals surface area contributed by atoms with Gasteiger partial charge in [-0.15, -0.1) is 0 Å². The zero-order valence-electron chi connectivity index (χ0n) is 11.8. The van der Waals surface area contributed by atoms with Gasteiger partial charge in [0, 0.05) is 25.7 Å². The van der Waals surface area contributed by atoms with Crippen molar-refractivity contribution in [3.8, 4) is 0 Å². The first-order valence-corrected chi connectivity index (χ1v) is 8.83. The Kier molecular flexibility index (Phi) is 5.95. The Bertz CT molecular complexity index is 329. The fourth-order valence-electron chi connectivity index (χ4n) is 2.95. The van der Waals surface area contributed by atoms with Crippen LogP contribution in [0.4, 0.5) is 0 Å². The molecule has 0 radical (unpaired) electrons. The summed E-state index contributed by atoms with van der Waals surface area (Å²) in [6.45, 7) is 5.26. The summed E-state index contributed by atoms with van der Waals surface area (Å²) in [5.74, 6) is 0.796. The van der Waals surface area contributed by atoms with Crippen molar-refractivity contribution >= 4 is 34.2 Å². The molecule has 2 aliphatic rings. The summed E-state index contributed by atoms with van der Waals surface area (Å²) in [5.41, 5.74) is 0. The van der Waals surface area contributed by atoms with Gasteiger partial charge < -0.3 is 9.80 Å². The molecule has 0 N–H and O–H groups in total. The van der Waals surface area contributed by atoms with E-state index in [4.69, 9.17) is 12.2 Å². The second-order valence-corrected chi connectivity index (χ2v) is 7.00. The molecule has 2 saturated heterocycles. The maximum Gasteiger partial charge on any atom is 0.233 e. The topological polar surface area (TPSA) is 23.6 Å². The minimum absolute atomic E-state index is 0.276. The molecule has 108 valence electrons. The lowest BCUT2D eigenvalue weighted by molar-refractivity contribution is -0.132. The van der Waals surface area contributed by atoms with Gasteiger partial charge >= 0.3 is 0 Å². The van der Waals surface area contributed by atoms with Gasteiger partial charge in [0.15, 0.2) is 0 Å². The average Bonchev–Trinajstić information content (AvgIpc) is 2.98. The van der Waals surface area contributed by atoms with Crippen LogP contribution in [0.1, 0.15) is 45.4 Å². The zero-order valence-corrected chi connectivity index (χ0v) is 13.4. The van der Waals surface area contributed by atoms with Crippen molar-refractivity contribution < 1.29 is 4.79 Å². The van der Waals surface area contributed by atoms with E-state index in [0.29, 0.717) is 11.8 Å². The third-order valence-corrected chi connectivity index (χ3v) is 5.61. The van der Waals surface area contributed by atoms with Crippen molar-refractivity contribution in [2.45, 2.75) is 51.5 Å². The Labute approximate surface area is 126 Å². The van der Waals surface area contributed by atoms with Crippen molar-refractivity contribution in [1.82, 2.24) is 9.80 Å². The maximum atomic E-state index is 12.3. The summed E-state index contributed by atoms with van der Waals surface area (Å²) in [6, 6.07) is 0.460. The number of carbonyl (C=O) groups is 1. The average molecular weight is 300 g/mol. The molecule has 2 heterocycles. The summed E-state index contributed by atoms with van der Waals surface area (Å²) in [6.07, 6.45) is 7.14. The SMILES string of the molecule is CCC1CCCCN1C(=O)CSC(=S)N1CCCC1. The lowest BCUT2D eigenvalue weighted by Gasteiger charge is -2.35. The summed E-state index contributed by atoms with van der Waals surface area (Å²) in [7, 11) is 0. The van der Waals surface area contributed by atoms with E-state index in [1.54, 1.807) is 11.8 Å². The van der Waals surface area contributed by atoms with Gasteiger partial charge in [-0.3, -0.25) is 4.79 Å². The monoisotopic (exact) mass is 300 g/mol. The maximum absolute atomic E-state index is 12.3. The van der Waals surface area contributed by atoms with Gasteiger partial charge in [0.1, 0.15) is 4.32 Å². The second-order valence-electron chi connectivity index (χ2n) is 5.39. The molecule has 19 heavy (non-hydrogen) atoms. The van der Waals surface area contributed by atoms with E-state index < -0.39 is 0 Å². The minimum atomic E-state index is 0.276. The first-order chi connectivity index (χ1) is 9.22. The van der Waals surface area contributed by atoms with Crippen molar-refractivity contribution in [2.75, 3.05) is 25.4 Å². The number of hydrogen-bond donors (Lipinski definition) is 0. The lowest BCUT2D eigenvalue weighted by atomic mass is 10.0. The third kappa shape index (κ3) is 4.09. The van der Waals surface area contributed by atoms with E-state index >= 15 is 0 Å². The van der Waals surface area contributed by atoms with Crippen LogP contribution >= 0.6 is 24.0 Å². The minimum Gasteiger partial charge on any atom is -0.358 e. The van der Waals surface area contributed by atoms with Crippen molar-refractivity contribution in [1.29, 1.82) is 0 Å². The molecule has 1 unspecified atom stereocenters. The highest BCUT2D eigenvalue weighted by atomic mass is 32.2. The molecule has 1 atom stereocenters. The molecule has 0 aromatic carbocycles. The third-order valence-electron chi connectivity index (χ3n) is 4.10. The van der Waals surface area contributed by atoms with Crippen molar-refractivity contribution in [3.05, 3.63) is 0 Å². The molecule has 0 spiro atoms. The van der Waals surface area contributed by atoms with E-state index in [-0.39, 0.29) is 5.91 Å². The molecular weight excluding hydrogens is 276 g/mol. The number of thioether (sulfide) groups is 1. The van der Waals surface area contributed by atoms with Gasteiger partial charge in [0.05, 0.1) is 5.75 Å². The molecule has 0 aliphatic carbocycles. The largest absolute Gasteiger partial charge is 0.358 e. The van der Waals surface area contributed by atoms with Gasteiger partial charge in [0.25, 0.3) is 0 Å². The van der Waals surface area contributed by atoms with Crippen molar-refractivity contribution in [3.63, 3.8) is 0 Å². The van der Waals surface area contributed by atoms with E-state index in [9.17, 15) is 4.79 Å². The predicted octanol–water partition coefficient (Wildman–Crippen LogP) is 2.89. The number of carbonyl (C=O) groups excluding carboxylic acids is 1. The van der Waals surface area contributed by atoms with Gasteiger partial charge in [-0.05, 0) is 38.5 Å². The first kappa shape index (κ1) is 15.1. The van der Waals surface area contributed by atoms with Gasteiger partial charge in [-0.1, -0.05) is 30.9 Å². The van der Waals surface area contributed by atoms with Gasteiger partial charge in [-0.2, -0.15) is 0 Å². The summed E-state index contributed by atoms with van der Waals surface area (Å²) in [5, 5.41) is 0. The van der Waals surface area contributed by atoms with E-state index in [1.807, 2.05) is 0 Å². The molecule has 3 nitrogen and oxygen atoms in total. The second kappa shape index (κ2) is 7.48. The van der Waals surface area contributed by atoms with Crippen LogP contribution in [-0.2, 0) is 4.79 Å². The normalized spacial score (nSPS) is 23.7. The Morgan fingerprint density at radius 3 is 2.58 bits per heavy atom. The molecule has 2 fully saturated rings. The zero-order chi connectivity index (χ0) is 13.7. The van der Waals surface area contributed by atoms with Gasteiger partial charge in [-0.25, -0.2) is 0 Å². The molecule has 1 amide bonds.